The first-order valence-electron chi connectivity index (χ1n) is 5.26. The molecule has 2 N–H and O–H groups in total. The van der Waals surface area contributed by atoms with Gasteiger partial charge in [-0.05, 0) is 24.3 Å². The Kier molecular flexibility index (Phi) is 3.13. The van der Waals surface area contributed by atoms with Crippen molar-refractivity contribution in [2.75, 3.05) is 24.7 Å². The number of anilines is 2. The lowest BCUT2D eigenvalue weighted by Crippen LogP contribution is -2.11. The maximum Gasteiger partial charge on any atom is 0.170 e. The largest absolute Gasteiger partial charge is 0.382 e. The molecule has 0 radical (unpaired) electrons. The van der Waals surface area contributed by atoms with Crippen molar-refractivity contribution in [1.82, 2.24) is 9.78 Å². The van der Waals surface area contributed by atoms with Gasteiger partial charge < -0.3 is 10.6 Å². The van der Waals surface area contributed by atoms with Crippen LogP contribution in [0.3, 0.4) is 0 Å². The maximum absolute atomic E-state index is 9.12. The van der Waals surface area contributed by atoms with Gasteiger partial charge in [-0.1, -0.05) is 11.6 Å². The molecule has 1 aromatic heterocycles. The molecule has 18 heavy (non-hydrogen) atoms. The van der Waals surface area contributed by atoms with Crippen LogP contribution in [-0.4, -0.2) is 23.9 Å². The maximum atomic E-state index is 9.12. The first-order valence-corrected chi connectivity index (χ1v) is 5.64. The molecule has 0 amide bonds. The molecule has 0 unspecified atom stereocenters. The van der Waals surface area contributed by atoms with E-state index < -0.39 is 0 Å². The fourth-order valence-corrected chi connectivity index (χ4v) is 1.74. The summed E-state index contributed by atoms with van der Waals surface area (Å²) in [6, 6.07) is 9.17. The van der Waals surface area contributed by atoms with Crippen molar-refractivity contribution in [1.29, 1.82) is 5.26 Å². The van der Waals surface area contributed by atoms with Crippen LogP contribution in [0.2, 0.25) is 5.02 Å². The van der Waals surface area contributed by atoms with Crippen LogP contribution in [-0.2, 0) is 0 Å². The van der Waals surface area contributed by atoms with E-state index in [2.05, 4.69) is 11.2 Å². The quantitative estimate of drug-likeness (QED) is 0.898. The summed E-state index contributed by atoms with van der Waals surface area (Å²) in [5, 5.41) is 14.1. The second kappa shape index (κ2) is 4.59. The van der Waals surface area contributed by atoms with Gasteiger partial charge in [0.15, 0.2) is 5.82 Å². The number of rotatable bonds is 2. The molecule has 5 nitrogen and oxygen atoms in total. The Balaban J connectivity index is 2.59. The number of hydrogen-bond donors (Lipinski definition) is 1. The van der Waals surface area contributed by atoms with E-state index >= 15 is 0 Å². The summed E-state index contributed by atoms with van der Waals surface area (Å²) in [7, 11) is 3.63. The predicted molar refractivity (Wildman–Crippen MR) is 72.0 cm³/mol. The molecule has 0 fully saturated rings. The Labute approximate surface area is 110 Å². The lowest BCUT2D eigenvalue weighted by molar-refractivity contribution is 0.875. The van der Waals surface area contributed by atoms with Crippen molar-refractivity contribution in [2.45, 2.75) is 0 Å². The molecule has 0 spiro atoms. The minimum absolute atomic E-state index is 0.323. The minimum atomic E-state index is 0.323. The number of nitriles is 1. The number of halogens is 1. The highest BCUT2D eigenvalue weighted by atomic mass is 35.5. The minimum Gasteiger partial charge on any atom is -0.382 e. The van der Waals surface area contributed by atoms with Crippen LogP contribution in [0, 0.1) is 11.3 Å². The third-order valence-corrected chi connectivity index (χ3v) is 2.76. The molecule has 0 atom stereocenters. The van der Waals surface area contributed by atoms with Gasteiger partial charge in [0.1, 0.15) is 17.5 Å². The van der Waals surface area contributed by atoms with Gasteiger partial charge in [0, 0.05) is 19.1 Å². The van der Waals surface area contributed by atoms with Crippen molar-refractivity contribution in [3.63, 3.8) is 0 Å². The fraction of sp³-hybridized carbons (Fsp3) is 0.167. The Hall–Kier alpha value is -2.19. The summed E-state index contributed by atoms with van der Waals surface area (Å²) in [6.07, 6.45) is 0. The molecule has 0 aliphatic heterocycles. The third-order valence-electron chi connectivity index (χ3n) is 2.51. The lowest BCUT2D eigenvalue weighted by Gasteiger charge is -2.07. The smallest absolute Gasteiger partial charge is 0.170 e. The van der Waals surface area contributed by atoms with E-state index in [1.807, 2.05) is 14.1 Å². The molecular weight excluding hydrogens is 250 g/mol. The molecule has 0 aliphatic carbocycles. The summed E-state index contributed by atoms with van der Waals surface area (Å²) in [5.74, 6) is 0.869. The van der Waals surface area contributed by atoms with Crippen molar-refractivity contribution >= 4 is 23.2 Å². The second-order valence-electron chi connectivity index (χ2n) is 3.98. The summed E-state index contributed by atoms with van der Waals surface area (Å²) in [6.45, 7) is 0. The molecule has 0 bridgehead atoms. The van der Waals surface area contributed by atoms with E-state index in [1.54, 1.807) is 29.2 Å². The molecule has 2 aromatic rings. The third kappa shape index (κ3) is 1.98. The molecule has 0 aliphatic rings. The summed E-state index contributed by atoms with van der Waals surface area (Å²) < 4.78 is 1.53. The Morgan fingerprint density at radius 3 is 2.39 bits per heavy atom. The zero-order valence-corrected chi connectivity index (χ0v) is 10.8. The molecule has 1 heterocycles. The summed E-state index contributed by atoms with van der Waals surface area (Å²) in [4.78, 5) is 1.75. The van der Waals surface area contributed by atoms with Gasteiger partial charge in [-0.2, -0.15) is 5.26 Å². The molecule has 0 saturated carbocycles. The standard InChI is InChI=1S/C12H12ClN5/c1-17(2)12-10(7-14)11(15)18(16-12)9-5-3-8(13)4-6-9/h3-6H,15H2,1-2H3. The van der Waals surface area contributed by atoms with Crippen LogP contribution >= 0.6 is 11.6 Å². The van der Waals surface area contributed by atoms with Gasteiger partial charge in [-0.3, -0.25) is 0 Å². The number of nitrogens with zero attached hydrogens (tertiary/aromatic N) is 4. The molecule has 1 aromatic carbocycles. The van der Waals surface area contributed by atoms with E-state index in [4.69, 9.17) is 22.6 Å². The number of hydrogen-bond acceptors (Lipinski definition) is 4. The Bertz CT molecular complexity index is 607. The van der Waals surface area contributed by atoms with Crippen LogP contribution in [0.5, 0.6) is 0 Å². The highest BCUT2D eigenvalue weighted by Crippen LogP contribution is 2.26. The predicted octanol–water partition coefficient (Wildman–Crippen LogP) is 2.05. The summed E-state index contributed by atoms with van der Waals surface area (Å²) >= 11 is 5.83. The number of benzene rings is 1. The van der Waals surface area contributed by atoms with Gasteiger partial charge in [0.25, 0.3) is 0 Å². The van der Waals surface area contributed by atoms with Crippen molar-refractivity contribution in [3.05, 3.63) is 34.9 Å². The lowest BCUT2D eigenvalue weighted by atomic mass is 10.3. The van der Waals surface area contributed by atoms with Crippen molar-refractivity contribution in [2.24, 2.45) is 0 Å². The topological polar surface area (TPSA) is 70.9 Å². The first kappa shape index (κ1) is 12.3. The van der Waals surface area contributed by atoms with Gasteiger partial charge in [-0.15, -0.1) is 5.10 Å². The zero-order valence-electron chi connectivity index (χ0n) is 10.1. The fourth-order valence-electron chi connectivity index (χ4n) is 1.62. The van der Waals surface area contributed by atoms with Crippen molar-refractivity contribution < 1.29 is 0 Å². The number of nitrogens with two attached hydrogens (primary N) is 1. The molecule has 0 saturated heterocycles. The van der Waals surface area contributed by atoms with Gasteiger partial charge in [0.2, 0.25) is 0 Å². The zero-order chi connectivity index (χ0) is 13.3. The highest BCUT2D eigenvalue weighted by molar-refractivity contribution is 6.30. The Morgan fingerprint density at radius 1 is 1.33 bits per heavy atom. The van der Waals surface area contributed by atoms with Crippen LogP contribution in [0.25, 0.3) is 5.69 Å². The number of nitrogen functional groups attached to an aromatic ring is 1. The average Bonchev–Trinajstić information content (AvgIpc) is 2.67. The second-order valence-corrected chi connectivity index (χ2v) is 4.41. The molecular formula is C12H12ClN5. The first-order chi connectivity index (χ1) is 8.54. The van der Waals surface area contributed by atoms with Crippen molar-refractivity contribution in [3.8, 4) is 11.8 Å². The van der Waals surface area contributed by atoms with Crippen LogP contribution in [0.15, 0.2) is 24.3 Å². The van der Waals surface area contributed by atoms with Gasteiger partial charge >= 0.3 is 0 Å². The number of aromatic nitrogens is 2. The van der Waals surface area contributed by atoms with Crippen LogP contribution in [0.4, 0.5) is 11.6 Å². The van der Waals surface area contributed by atoms with E-state index in [-0.39, 0.29) is 0 Å². The normalized spacial score (nSPS) is 10.1. The van der Waals surface area contributed by atoms with E-state index in [0.29, 0.717) is 22.2 Å². The average molecular weight is 262 g/mol. The van der Waals surface area contributed by atoms with Crippen LogP contribution < -0.4 is 10.6 Å². The Morgan fingerprint density at radius 2 is 1.94 bits per heavy atom. The van der Waals surface area contributed by atoms with Gasteiger partial charge in [-0.25, -0.2) is 4.68 Å². The molecule has 92 valence electrons. The summed E-state index contributed by atoms with van der Waals surface area (Å²) in [5.41, 5.74) is 7.08. The van der Waals surface area contributed by atoms with Gasteiger partial charge in [0.05, 0.1) is 5.69 Å². The monoisotopic (exact) mass is 261 g/mol. The van der Waals surface area contributed by atoms with E-state index in [0.717, 1.165) is 5.69 Å². The van der Waals surface area contributed by atoms with E-state index in [9.17, 15) is 0 Å². The van der Waals surface area contributed by atoms with Crippen LogP contribution in [0.1, 0.15) is 5.56 Å². The molecule has 2 rings (SSSR count). The van der Waals surface area contributed by atoms with E-state index in [1.165, 1.54) is 4.68 Å². The molecule has 6 heteroatoms. The SMILES string of the molecule is CN(C)c1nn(-c2ccc(Cl)cc2)c(N)c1C#N. The highest BCUT2D eigenvalue weighted by Gasteiger charge is 2.17.